The first kappa shape index (κ1) is 19.7. The highest BCUT2D eigenvalue weighted by Crippen LogP contribution is 2.21. The SMILES string of the molecule is CCC(C)Oc1ccccc1C=CC(=O)Nc1ccn(CCN(C)C)n1. The molecular formula is C20H28N4O2. The van der Waals surface area contributed by atoms with Gasteiger partial charge in [-0.3, -0.25) is 9.48 Å². The Balaban J connectivity index is 1.95. The largest absolute Gasteiger partial charge is 0.490 e. The zero-order chi connectivity index (χ0) is 18.9. The normalized spacial score (nSPS) is 12.5. The molecule has 1 unspecified atom stereocenters. The van der Waals surface area contributed by atoms with Gasteiger partial charge in [-0.1, -0.05) is 25.1 Å². The number of nitrogens with one attached hydrogen (secondary N) is 1. The minimum atomic E-state index is -0.221. The summed E-state index contributed by atoms with van der Waals surface area (Å²) in [6, 6.07) is 9.48. The van der Waals surface area contributed by atoms with Crippen molar-refractivity contribution < 1.29 is 9.53 Å². The van der Waals surface area contributed by atoms with Crippen molar-refractivity contribution in [1.29, 1.82) is 0 Å². The quantitative estimate of drug-likeness (QED) is 0.701. The standard InChI is InChI=1S/C20H28N4O2/c1-5-16(2)26-18-9-7-6-8-17(18)10-11-20(25)21-19-12-13-24(22-19)15-14-23(3)4/h6-13,16H,5,14-15H2,1-4H3,(H,21,22,25). The minimum Gasteiger partial charge on any atom is -0.490 e. The first-order chi connectivity index (χ1) is 12.5. The molecule has 1 aromatic heterocycles. The van der Waals surface area contributed by atoms with Crippen molar-refractivity contribution in [1.82, 2.24) is 14.7 Å². The van der Waals surface area contributed by atoms with Crippen LogP contribution in [0.15, 0.2) is 42.6 Å². The Morgan fingerprint density at radius 2 is 2.12 bits per heavy atom. The maximum Gasteiger partial charge on any atom is 0.249 e. The number of amides is 1. The van der Waals surface area contributed by atoms with Gasteiger partial charge in [0.05, 0.1) is 12.6 Å². The molecule has 2 rings (SSSR count). The zero-order valence-corrected chi connectivity index (χ0v) is 16.0. The van der Waals surface area contributed by atoms with Crippen LogP contribution in [0.4, 0.5) is 5.82 Å². The number of carbonyl (C=O) groups excluding carboxylic acids is 1. The van der Waals surface area contributed by atoms with Gasteiger partial charge in [0.1, 0.15) is 5.75 Å². The van der Waals surface area contributed by atoms with Crippen LogP contribution in [0, 0.1) is 0 Å². The monoisotopic (exact) mass is 356 g/mol. The first-order valence-electron chi connectivity index (χ1n) is 8.91. The van der Waals surface area contributed by atoms with E-state index in [-0.39, 0.29) is 12.0 Å². The molecule has 0 bridgehead atoms. The molecule has 1 atom stereocenters. The number of likely N-dealkylation sites (N-methyl/N-ethyl adjacent to an activating group) is 1. The molecule has 1 heterocycles. The van der Waals surface area contributed by atoms with Crippen LogP contribution >= 0.6 is 0 Å². The predicted octanol–water partition coefficient (Wildman–Crippen LogP) is 3.27. The van der Waals surface area contributed by atoms with Gasteiger partial charge in [-0.05, 0) is 39.6 Å². The Hall–Kier alpha value is -2.60. The van der Waals surface area contributed by atoms with E-state index in [4.69, 9.17) is 4.74 Å². The van der Waals surface area contributed by atoms with Crippen LogP contribution in [0.25, 0.3) is 6.08 Å². The van der Waals surface area contributed by atoms with Gasteiger partial charge in [-0.25, -0.2) is 0 Å². The fourth-order valence-electron chi connectivity index (χ4n) is 2.21. The highest BCUT2D eigenvalue weighted by molar-refractivity contribution is 6.01. The molecule has 6 nitrogen and oxygen atoms in total. The smallest absolute Gasteiger partial charge is 0.249 e. The van der Waals surface area contributed by atoms with Crippen LogP contribution < -0.4 is 10.1 Å². The fraction of sp³-hybridized carbons (Fsp3) is 0.400. The molecule has 0 radical (unpaired) electrons. The number of nitrogens with zero attached hydrogens (tertiary/aromatic N) is 3. The van der Waals surface area contributed by atoms with Crippen LogP contribution in [0.5, 0.6) is 5.75 Å². The highest BCUT2D eigenvalue weighted by Gasteiger charge is 2.06. The fourth-order valence-corrected chi connectivity index (χ4v) is 2.21. The van der Waals surface area contributed by atoms with E-state index in [0.717, 1.165) is 30.8 Å². The minimum absolute atomic E-state index is 0.129. The van der Waals surface area contributed by atoms with Crippen molar-refractivity contribution in [2.75, 3.05) is 26.0 Å². The summed E-state index contributed by atoms with van der Waals surface area (Å²) in [5, 5.41) is 7.12. The van der Waals surface area contributed by atoms with Crippen molar-refractivity contribution in [2.24, 2.45) is 0 Å². The number of rotatable bonds is 9. The van der Waals surface area contributed by atoms with Crippen LogP contribution in [0.3, 0.4) is 0 Å². The van der Waals surface area contributed by atoms with Crippen molar-refractivity contribution in [2.45, 2.75) is 32.9 Å². The maximum atomic E-state index is 12.2. The third-order valence-electron chi connectivity index (χ3n) is 3.90. The third-order valence-corrected chi connectivity index (χ3v) is 3.90. The van der Waals surface area contributed by atoms with Gasteiger partial charge in [0, 0.05) is 30.4 Å². The van der Waals surface area contributed by atoms with E-state index < -0.39 is 0 Å². The Labute approximate surface area is 155 Å². The molecule has 26 heavy (non-hydrogen) atoms. The van der Waals surface area contributed by atoms with Crippen LogP contribution in [-0.2, 0) is 11.3 Å². The molecule has 0 aliphatic heterocycles. The van der Waals surface area contributed by atoms with Crippen LogP contribution in [0.1, 0.15) is 25.8 Å². The molecule has 1 amide bonds. The molecule has 0 aliphatic rings. The molecule has 0 aliphatic carbocycles. The van der Waals surface area contributed by atoms with Gasteiger partial charge in [-0.2, -0.15) is 5.10 Å². The highest BCUT2D eigenvalue weighted by atomic mass is 16.5. The number of para-hydroxylation sites is 1. The molecule has 0 saturated carbocycles. The Bertz CT molecular complexity index is 737. The van der Waals surface area contributed by atoms with Crippen molar-refractivity contribution in [3.8, 4) is 5.75 Å². The van der Waals surface area contributed by atoms with E-state index in [2.05, 4.69) is 22.2 Å². The van der Waals surface area contributed by atoms with Crippen molar-refractivity contribution in [3.05, 3.63) is 48.2 Å². The summed E-state index contributed by atoms with van der Waals surface area (Å²) in [5.41, 5.74) is 0.875. The van der Waals surface area contributed by atoms with Crippen molar-refractivity contribution in [3.63, 3.8) is 0 Å². The molecule has 1 N–H and O–H groups in total. The summed E-state index contributed by atoms with van der Waals surface area (Å²) in [6.07, 6.45) is 6.17. The lowest BCUT2D eigenvalue weighted by atomic mass is 10.2. The lowest BCUT2D eigenvalue weighted by molar-refractivity contribution is -0.111. The second kappa shape index (κ2) is 9.77. The van der Waals surface area contributed by atoms with Gasteiger partial charge >= 0.3 is 0 Å². The van der Waals surface area contributed by atoms with Gasteiger partial charge in [0.15, 0.2) is 5.82 Å². The average Bonchev–Trinajstić information content (AvgIpc) is 3.06. The molecule has 2 aromatic rings. The number of aromatic nitrogens is 2. The van der Waals surface area contributed by atoms with Crippen molar-refractivity contribution >= 4 is 17.8 Å². The Morgan fingerprint density at radius 1 is 1.35 bits per heavy atom. The number of ether oxygens (including phenoxy) is 1. The molecule has 0 fully saturated rings. The first-order valence-corrected chi connectivity index (χ1v) is 8.91. The van der Waals surface area contributed by atoms with E-state index >= 15 is 0 Å². The van der Waals surface area contributed by atoms with Gasteiger partial charge in [-0.15, -0.1) is 0 Å². The number of carbonyl (C=O) groups is 1. The maximum absolute atomic E-state index is 12.2. The van der Waals surface area contributed by atoms with Crippen LogP contribution in [-0.4, -0.2) is 47.3 Å². The summed E-state index contributed by atoms with van der Waals surface area (Å²) in [5.74, 6) is 1.10. The predicted molar refractivity (Wildman–Crippen MR) is 105 cm³/mol. The Morgan fingerprint density at radius 3 is 2.85 bits per heavy atom. The summed E-state index contributed by atoms with van der Waals surface area (Å²) >= 11 is 0. The molecule has 140 valence electrons. The van der Waals surface area contributed by atoms with E-state index in [1.54, 1.807) is 12.1 Å². The summed E-state index contributed by atoms with van der Waals surface area (Å²) < 4.78 is 7.71. The Kier molecular flexibility index (Phi) is 7.41. The van der Waals surface area contributed by atoms with Gasteiger partial charge in [0.25, 0.3) is 0 Å². The second-order valence-electron chi connectivity index (χ2n) is 6.46. The number of benzene rings is 1. The van der Waals surface area contributed by atoms with Gasteiger partial charge in [0.2, 0.25) is 5.91 Å². The van der Waals surface area contributed by atoms with E-state index in [1.165, 1.54) is 6.08 Å². The lowest BCUT2D eigenvalue weighted by Crippen LogP contribution is -2.18. The van der Waals surface area contributed by atoms with E-state index in [9.17, 15) is 4.79 Å². The topological polar surface area (TPSA) is 59.4 Å². The zero-order valence-electron chi connectivity index (χ0n) is 16.0. The summed E-state index contributed by atoms with van der Waals surface area (Å²) in [6.45, 7) is 5.77. The molecule has 0 spiro atoms. The number of anilines is 1. The van der Waals surface area contributed by atoms with E-state index in [0.29, 0.717) is 5.82 Å². The lowest BCUT2D eigenvalue weighted by Gasteiger charge is -2.14. The van der Waals surface area contributed by atoms with E-state index in [1.807, 2.05) is 56.2 Å². The molecule has 1 aromatic carbocycles. The number of hydrogen-bond donors (Lipinski definition) is 1. The summed E-state index contributed by atoms with van der Waals surface area (Å²) in [4.78, 5) is 14.2. The molecule has 6 heteroatoms. The second-order valence-corrected chi connectivity index (χ2v) is 6.46. The molecular weight excluding hydrogens is 328 g/mol. The third kappa shape index (κ3) is 6.37. The summed E-state index contributed by atoms with van der Waals surface area (Å²) in [7, 11) is 4.03. The van der Waals surface area contributed by atoms with Gasteiger partial charge < -0.3 is 15.0 Å². The number of hydrogen-bond acceptors (Lipinski definition) is 4. The average molecular weight is 356 g/mol. The molecule has 0 saturated heterocycles. The van der Waals surface area contributed by atoms with Crippen LogP contribution in [0.2, 0.25) is 0 Å².